The van der Waals surface area contributed by atoms with E-state index in [9.17, 15) is 14.7 Å². The Morgan fingerprint density at radius 3 is 2.38 bits per heavy atom. The molecule has 1 aromatic rings. The minimum absolute atomic E-state index is 0.320. The highest BCUT2D eigenvalue weighted by Gasteiger charge is 2.29. The summed E-state index contributed by atoms with van der Waals surface area (Å²) in [6, 6.07) is 8.58. The molecule has 0 aliphatic heterocycles. The number of carbonyl (C=O) groups excluding carboxylic acids is 2. The molecule has 0 aliphatic rings. The van der Waals surface area contributed by atoms with E-state index in [0.29, 0.717) is 13.0 Å². The maximum Gasteiger partial charge on any atom is 0.407 e. The number of nitrogens with one attached hydrogen (secondary N) is 2. The summed E-state index contributed by atoms with van der Waals surface area (Å²) < 4.78 is 5.22. The first-order valence-corrected chi connectivity index (χ1v) is 8.22. The van der Waals surface area contributed by atoms with Crippen LogP contribution in [0.3, 0.4) is 0 Å². The van der Waals surface area contributed by atoms with Crippen LogP contribution in [0.2, 0.25) is 0 Å². The zero-order chi connectivity index (χ0) is 18.2. The van der Waals surface area contributed by atoms with Crippen LogP contribution in [-0.2, 0) is 16.0 Å². The fourth-order valence-corrected chi connectivity index (χ4v) is 2.10. The Hall–Kier alpha value is -2.08. The standard InChI is InChI=1S/C18H28N2O4/c1-5-11-19-16(22)15(21)14(12-13-9-7-6-8-10-13)20-17(23)24-18(2,3)4/h6-10,14-15,21H,5,11-12H2,1-4H3,(H,19,22)(H,20,23)/t14-,15?/m0/s1. The van der Waals surface area contributed by atoms with Crippen molar-refractivity contribution in [2.75, 3.05) is 6.54 Å². The molecule has 24 heavy (non-hydrogen) atoms. The van der Waals surface area contributed by atoms with Crippen LogP contribution in [0.1, 0.15) is 39.7 Å². The Bertz CT molecular complexity index is 526. The molecule has 1 rings (SSSR count). The summed E-state index contributed by atoms with van der Waals surface area (Å²) in [5, 5.41) is 15.6. The molecule has 0 radical (unpaired) electrons. The van der Waals surface area contributed by atoms with Gasteiger partial charge in [-0.15, -0.1) is 0 Å². The van der Waals surface area contributed by atoms with Gasteiger partial charge in [-0.2, -0.15) is 0 Å². The predicted octanol–water partition coefficient (Wildman–Crippen LogP) is 2.01. The Balaban J connectivity index is 2.82. The first-order chi connectivity index (χ1) is 11.2. The van der Waals surface area contributed by atoms with Crippen LogP contribution < -0.4 is 10.6 Å². The van der Waals surface area contributed by atoms with Crippen molar-refractivity contribution in [3.63, 3.8) is 0 Å². The van der Waals surface area contributed by atoms with Gasteiger partial charge in [0.1, 0.15) is 5.60 Å². The Morgan fingerprint density at radius 1 is 1.21 bits per heavy atom. The van der Waals surface area contributed by atoms with Gasteiger partial charge in [0, 0.05) is 6.54 Å². The fourth-order valence-electron chi connectivity index (χ4n) is 2.10. The van der Waals surface area contributed by atoms with Crippen LogP contribution in [0.25, 0.3) is 0 Å². The second-order valence-electron chi connectivity index (χ2n) is 6.68. The third-order valence-corrected chi connectivity index (χ3v) is 3.20. The number of benzene rings is 1. The van der Waals surface area contributed by atoms with E-state index >= 15 is 0 Å². The Labute approximate surface area is 143 Å². The average Bonchev–Trinajstić information content (AvgIpc) is 2.50. The monoisotopic (exact) mass is 336 g/mol. The number of carbonyl (C=O) groups is 2. The SMILES string of the molecule is CCCNC(=O)C(O)[C@H](Cc1ccccc1)NC(=O)OC(C)(C)C. The van der Waals surface area contributed by atoms with Crippen LogP contribution >= 0.6 is 0 Å². The van der Waals surface area contributed by atoms with Gasteiger partial charge in [-0.1, -0.05) is 37.3 Å². The van der Waals surface area contributed by atoms with Crippen LogP contribution in [-0.4, -0.2) is 41.4 Å². The quantitative estimate of drug-likeness (QED) is 0.711. The molecule has 0 fully saturated rings. The molecular formula is C18H28N2O4. The lowest BCUT2D eigenvalue weighted by molar-refractivity contribution is -0.130. The zero-order valence-corrected chi connectivity index (χ0v) is 14.8. The number of amides is 2. The first kappa shape index (κ1) is 20.0. The molecule has 1 unspecified atom stereocenters. The summed E-state index contributed by atoms with van der Waals surface area (Å²) >= 11 is 0. The second-order valence-corrected chi connectivity index (χ2v) is 6.68. The van der Waals surface area contributed by atoms with E-state index in [4.69, 9.17) is 4.74 Å². The van der Waals surface area contributed by atoms with Crippen molar-refractivity contribution in [2.24, 2.45) is 0 Å². The largest absolute Gasteiger partial charge is 0.444 e. The lowest BCUT2D eigenvalue weighted by Crippen LogP contribution is -2.52. The smallest absolute Gasteiger partial charge is 0.407 e. The molecule has 134 valence electrons. The van der Waals surface area contributed by atoms with Crippen molar-refractivity contribution in [2.45, 2.75) is 58.3 Å². The van der Waals surface area contributed by atoms with Gasteiger partial charge in [0.05, 0.1) is 6.04 Å². The van der Waals surface area contributed by atoms with Crippen LogP contribution in [0.4, 0.5) is 4.79 Å². The van der Waals surface area contributed by atoms with Crippen molar-refractivity contribution in [1.29, 1.82) is 0 Å². The Morgan fingerprint density at radius 2 is 1.83 bits per heavy atom. The summed E-state index contributed by atoms with van der Waals surface area (Å²) in [6.45, 7) is 7.66. The number of aliphatic hydroxyl groups excluding tert-OH is 1. The number of ether oxygens (including phenoxy) is 1. The predicted molar refractivity (Wildman–Crippen MR) is 92.6 cm³/mol. The molecule has 6 heteroatoms. The summed E-state index contributed by atoms with van der Waals surface area (Å²) in [5.74, 6) is -0.506. The van der Waals surface area contributed by atoms with Crippen molar-refractivity contribution >= 4 is 12.0 Å². The van der Waals surface area contributed by atoms with E-state index in [1.807, 2.05) is 37.3 Å². The van der Waals surface area contributed by atoms with Gasteiger partial charge in [-0.05, 0) is 39.2 Å². The van der Waals surface area contributed by atoms with Crippen LogP contribution in [0, 0.1) is 0 Å². The lowest BCUT2D eigenvalue weighted by Gasteiger charge is -2.26. The molecule has 0 aromatic heterocycles. The molecule has 1 aromatic carbocycles. The lowest BCUT2D eigenvalue weighted by atomic mass is 10.0. The number of rotatable bonds is 7. The highest BCUT2D eigenvalue weighted by molar-refractivity contribution is 5.82. The van der Waals surface area contributed by atoms with Crippen LogP contribution in [0.15, 0.2) is 30.3 Å². The summed E-state index contributed by atoms with van der Waals surface area (Å²) in [4.78, 5) is 24.1. The minimum Gasteiger partial charge on any atom is -0.444 e. The number of alkyl carbamates (subject to hydrolysis) is 1. The van der Waals surface area contributed by atoms with E-state index < -0.39 is 29.7 Å². The molecule has 0 aliphatic carbocycles. The molecule has 0 heterocycles. The maximum atomic E-state index is 12.0. The topological polar surface area (TPSA) is 87.7 Å². The third-order valence-electron chi connectivity index (χ3n) is 3.20. The van der Waals surface area contributed by atoms with E-state index in [2.05, 4.69) is 10.6 Å². The van der Waals surface area contributed by atoms with Gasteiger partial charge < -0.3 is 20.5 Å². The van der Waals surface area contributed by atoms with Crippen molar-refractivity contribution in [1.82, 2.24) is 10.6 Å². The van der Waals surface area contributed by atoms with Crippen molar-refractivity contribution in [3.05, 3.63) is 35.9 Å². The number of hydrogen-bond donors (Lipinski definition) is 3. The van der Waals surface area contributed by atoms with E-state index in [1.54, 1.807) is 20.8 Å². The van der Waals surface area contributed by atoms with E-state index in [0.717, 1.165) is 12.0 Å². The van der Waals surface area contributed by atoms with Crippen molar-refractivity contribution in [3.8, 4) is 0 Å². The van der Waals surface area contributed by atoms with Gasteiger partial charge in [-0.3, -0.25) is 4.79 Å². The highest BCUT2D eigenvalue weighted by atomic mass is 16.6. The molecule has 0 spiro atoms. The molecule has 2 atom stereocenters. The molecule has 6 nitrogen and oxygen atoms in total. The van der Waals surface area contributed by atoms with Gasteiger partial charge >= 0.3 is 6.09 Å². The molecular weight excluding hydrogens is 308 g/mol. The fraction of sp³-hybridized carbons (Fsp3) is 0.556. The van der Waals surface area contributed by atoms with Gasteiger partial charge in [-0.25, -0.2) is 4.79 Å². The maximum absolute atomic E-state index is 12.0. The number of aliphatic hydroxyl groups is 1. The molecule has 0 bridgehead atoms. The minimum atomic E-state index is -1.36. The molecule has 3 N–H and O–H groups in total. The van der Waals surface area contributed by atoms with E-state index in [-0.39, 0.29) is 0 Å². The van der Waals surface area contributed by atoms with E-state index in [1.165, 1.54) is 0 Å². The molecule has 0 saturated heterocycles. The van der Waals surface area contributed by atoms with Crippen LogP contribution in [0.5, 0.6) is 0 Å². The average molecular weight is 336 g/mol. The van der Waals surface area contributed by atoms with Crippen molar-refractivity contribution < 1.29 is 19.4 Å². The van der Waals surface area contributed by atoms with Gasteiger partial charge in [0.25, 0.3) is 5.91 Å². The zero-order valence-electron chi connectivity index (χ0n) is 14.8. The molecule has 2 amide bonds. The third kappa shape index (κ3) is 7.46. The summed E-state index contributed by atoms with van der Waals surface area (Å²) in [7, 11) is 0. The van der Waals surface area contributed by atoms with Gasteiger partial charge in [0.15, 0.2) is 6.10 Å². The second kappa shape index (κ2) is 9.27. The highest BCUT2D eigenvalue weighted by Crippen LogP contribution is 2.10. The van der Waals surface area contributed by atoms with Gasteiger partial charge in [0.2, 0.25) is 0 Å². The Kier molecular flexibility index (Phi) is 7.71. The first-order valence-electron chi connectivity index (χ1n) is 8.22. The number of hydrogen-bond acceptors (Lipinski definition) is 4. The normalized spacial score (nSPS) is 13.7. The molecule has 0 saturated carbocycles. The summed E-state index contributed by atoms with van der Waals surface area (Å²) in [6.07, 6.45) is -0.933. The summed E-state index contributed by atoms with van der Waals surface area (Å²) in [5.41, 5.74) is 0.248.